The second kappa shape index (κ2) is 5.75. The number of nitrogens with zero attached hydrogens (tertiary/aromatic N) is 1. The molecule has 1 aliphatic rings. The number of halogens is 1. The predicted octanol–water partition coefficient (Wildman–Crippen LogP) is 3.03. The van der Waals surface area contributed by atoms with Crippen molar-refractivity contribution in [1.29, 1.82) is 0 Å². The maximum Gasteiger partial charge on any atom is 0.187 e. The summed E-state index contributed by atoms with van der Waals surface area (Å²) in [5.74, 6) is 0.105. The standard InChI is InChI=1S/C12H14ClN3O2S3/c13-9-4-1-7(19-9)5-6-15-12-10(11(14)16-20-12)21(17,18)8-2-3-8/h1,4,8,15H,2-3,5-6H2,(H2,14,16). The monoisotopic (exact) mass is 363 g/mol. The minimum atomic E-state index is -3.33. The molecule has 0 radical (unpaired) electrons. The first-order chi connectivity index (χ1) is 9.98. The van der Waals surface area contributed by atoms with Gasteiger partial charge >= 0.3 is 0 Å². The third-order valence-electron chi connectivity index (χ3n) is 3.21. The van der Waals surface area contributed by atoms with E-state index in [0.29, 0.717) is 24.4 Å². The van der Waals surface area contributed by atoms with Crippen molar-refractivity contribution >= 4 is 55.1 Å². The molecule has 114 valence electrons. The van der Waals surface area contributed by atoms with E-state index < -0.39 is 9.84 Å². The zero-order chi connectivity index (χ0) is 15.0. The van der Waals surface area contributed by atoms with Crippen LogP contribution in [0.3, 0.4) is 0 Å². The Kier molecular flexibility index (Phi) is 4.13. The molecular formula is C12H14ClN3O2S3. The quantitative estimate of drug-likeness (QED) is 0.823. The van der Waals surface area contributed by atoms with Crippen LogP contribution in [0.1, 0.15) is 17.7 Å². The van der Waals surface area contributed by atoms with Crippen LogP contribution < -0.4 is 11.1 Å². The molecule has 0 unspecified atom stereocenters. The first-order valence-corrected chi connectivity index (χ1v) is 9.97. The minimum absolute atomic E-state index is 0.105. The Morgan fingerprint density at radius 1 is 1.43 bits per heavy atom. The summed E-state index contributed by atoms with van der Waals surface area (Å²) < 4.78 is 29.5. The van der Waals surface area contributed by atoms with Crippen molar-refractivity contribution in [2.75, 3.05) is 17.6 Å². The number of hydrogen-bond acceptors (Lipinski definition) is 7. The zero-order valence-electron chi connectivity index (χ0n) is 11.0. The van der Waals surface area contributed by atoms with Gasteiger partial charge in [0.2, 0.25) is 0 Å². The Hall–Kier alpha value is -0.830. The SMILES string of the molecule is Nc1nsc(NCCc2ccc(Cl)s2)c1S(=O)(=O)C1CC1. The summed E-state index contributed by atoms with van der Waals surface area (Å²) in [5, 5.41) is 3.40. The molecular weight excluding hydrogens is 350 g/mol. The van der Waals surface area contributed by atoms with E-state index in [1.165, 1.54) is 11.3 Å². The van der Waals surface area contributed by atoms with Gasteiger partial charge in [0.25, 0.3) is 0 Å². The van der Waals surface area contributed by atoms with Crippen molar-refractivity contribution in [2.24, 2.45) is 0 Å². The van der Waals surface area contributed by atoms with Crippen LogP contribution in [0.25, 0.3) is 0 Å². The van der Waals surface area contributed by atoms with Gasteiger partial charge in [0.15, 0.2) is 15.7 Å². The van der Waals surface area contributed by atoms with Crippen LogP contribution in [0.5, 0.6) is 0 Å². The van der Waals surface area contributed by atoms with Gasteiger partial charge in [-0.2, -0.15) is 4.37 Å². The minimum Gasteiger partial charge on any atom is -0.382 e. The second-order valence-corrected chi connectivity index (χ2v) is 9.59. The number of anilines is 2. The highest BCUT2D eigenvalue weighted by atomic mass is 35.5. The third-order valence-corrected chi connectivity index (χ3v) is 7.78. The van der Waals surface area contributed by atoms with Crippen LogP contribution >= 0.6 is 34.5 Å². The highest BCUT2D eigenvalue weighted by molar-refractivity contribution is 7.92. The lowest BCUT2D eigenvalue weighted by Crippen LogP contribution is -2.12. The van der Waals surface area contributed by atoms with Crippen LogP contribution in [0.15, 0.2) is 17.0 Å². The van der Waals surface area contributed by atoms with Gasteiger partial charge in [-0.25, -0.2) is 8.42 Å². The molecule has 0 aliphatic heterocycles. The number of nitrogen functional groups attached to an aromatic ring is 1. The fraction of sp³-hybridized carbons (Fsp3) is 0.417. The lowest BCUT2D eigenvalue weighted by atomic mass is 10.3. The van der Waals surface area contributed by atoms with E-state index in [2.05, 4.69) is 9.69 Å². The molecule has 0 atom stereocenters. The van der Waals surface area contributed by atoms with Gasteiger partial charge in [-0.15, -0.1) is 11.3 Å². The Labute approximate surface area is 136 Å². The van der Waals surface area contributed by atoms with Crippen LogP contribution in [-0.4, -0.2) is 24.6 Å². The van der Waals surface area contributed by atoms with E-state index in [-0.39, 0.29) is 16.0 Å². The predicted molar refractivity (Wildman–Crippen MR) is 88.3 cm³/mol. The summed E-state index contributed by atoms with van der Waals surface area (Å²) in [5.41, 5.74) is 5.74. The zero-order valence-corrected chi connectivity index (χ0v) is 14.2. The van der Waals surface area contributed by atoms with Crippen molar-refractivity contribution in [3.8, 4) is 0 Å². The largest absolute Gasteiger partial charge is 0.382 e. The normalized spacial score (nSPS) is 15.3. The van der Waals surface area contributed by atoms with Crippen molar-refractivity contribution in [3.63, 3.8) is 0 Å². The van der Waals surface area contributed by atoms with Gasteiger partial charge in [0, 0.05) is 11.4 Å². The molecule has 0 aromatic carbocycles. The summed E-state index contributed by atoms with van der Waals surface area (Å²) in [6, 6.07) is 3.83. The topological polar surface area (TPSA) is 85.1 Å². The molecule has 3 rings (SSSR count). The summed E-state index contributed by atoms with van der Waals surface area (Å²) in [4.78, 5) is 1.33. The second-order valence-electron chi connectivity index (χ2n) is 4.85. The Balaban J connectivity index is 1.71. The van der Waals surface area contributed by atoms with Crippen LogP contribution in [0.4, 0.5) is 10.8 Å². The highest BCUT2D eigenvalue weighted by Gasteiger charge is 2.40. The van der Waals surface area contributed by atoms with Crippen LogP contribution in [-0.2, 0) is 16.3 Å². The van der Waals surface area contributed by atoms with E-state index in [1.54, 1.807) is 0 Å². The average molecular weight is 364 g/mol. The molecule has 21 heavy (non-hydrogen) atoms. The fourth-order valence-electron chi connectivity index (χ4n) is 2.01. The first-order valence-electron chi connectivity index (χ1n) is 6.45. The van der Waals surface area contributed by atoms with Crippen molar-refractivity contribution < 1.29 is 8.42 Å². The summed E-state index contributed by atoms with van der Waals surface area (Å²) >= 11 is 8.50. The lowest BCUT2D eigenvalue weighted by molar-refractivity contribution is 0.595. The van der Waals surface area contributed by atoms with E-state index in [9.17, 15) is 8.42 Å². The molecule has 1 saturated carbocycles. The number of sulfone groups is 1. The van der Waals surface area contributed by atoms with Gasteiger partial charge in [-0.1, -0.05) is 11.6 Å². The molecule has 5 nitrogen and oxygen atoms in total. The average Bonchev–Trinajstić information content (AvgIpc) is 3.12. The van der Waals surface area contributed by atoms with Gasteiger partial charge < -0.3 is 11.1 Å². The molecule has 1 fully saturated rings. The molecule has 2 heterocycles. The number of rotatable bonds is 6. The molecule has 0 saturated heterocycles. The lowest BCUT2D eigenvalue weighted by Gasteiger charge is -2.07. The van der Waals surface area contributed by atoms with Crippen molar-refractivity contribution in [2.45, 2.75) is 29.4 Å². The van der Waals surface area contributed by atoms with E-state index in [4.69, 9.17) is 17.3 Å². The molecule has 2 aromatic rings. The van der Waals surface area contributed by atoms with E-state index in [1.807, 2.05) is 12.1 Å². The first kappa shape index (κ1) is 15.1. The van der Waals surface area contributed by atoms with Crippen molar-refractivity contribution in [3.05, 3.63) is 21.3 Å². The molecule has 0 amide bonds. The molecule has 0 spiro atoms. The smallest absolute Gasteiger partial charge is 0.187 e. The van der Waals surface area contributed by atoms with E-state index in [0.717, 1.165) is 27.2 Å². The van der Waals surface area contributed by atoms with Gasteiger partial charge in [0.05, 0.1) is 9.59 Å². The van der Waals surface area contributed by atoms with Crippen LogP contribution in [0.2, 0.25) is 4.34 Å². The maximum atomic E-state index is 12.4. The van der Waals surface area contributed by atoms with Gasteiger partial charge in [-0.05, 0) is 42.9 Å². The summed E-state index contributed by atoms with van der Waals surface area (Å²) in [7, 11) is -3.33. The van der Waals surface area contributed by atoms with Gasteiger partial charge in [0.1, 0.15) is 9.90 Å². The van der Waals surface area contributed by atoms with E-state index >= 15 is 0 Å². The molecule has 3 N–H and O–H groups in total. The number of nitrogens with one attached hydrogen (secondary N) is 1. The molecule has 9 heteroatoms. The third kappa shape index (κ3) is 3.18. The summed E-state index contributed by atoms with van der Waals surface area (Å²) in [6.07, 6.45) is 2.20. The fourth-order valence-corrected chi connectivity index (χ4v) is 6.01. The maximum absolute atomic E-state index is 12.4. The van der Waals surface area contributed by atoms with Gasteiger partial charge in [-0.3, -0.25) is 0 Å². The Morgan fingerprint density at radius 2 is 2.19 bits per heavy atom. The molecule has 2 aromatic heterocycles. The highest BCUT2D eigenvalue weighted by Crippen LogP contribution is 2.40. The Bertz CT molecular complexity index is 750. The summed E-state index contributed by atoms with van der Waals surface area (Å²) in [6.45, 7) is 0.617. The number of thiophene rings is 1. The molecule has 0 bridgehead atoms. The number of nitrogens with two attached hydrogens (primary N) is 1. The molecule has 1 aliphatic carbocycles. The van der Waals surface area contributed by atoms with Crippen LogP contribution in [0, 0.1) is 0 Å². The Morgan fingerprint density at radius 3 is 2.81 bits per heavy atom. The number of aromatic nitrogens is 1. The number of hydrogen-bond donors (Lipinski definition) is 2. The van der Waals surface area contributed by atoms with Crippen molar-refractivity contribution in [1.82, 2.24) is 4.37 Å².